The first kappa shape index (κ1) is 23.9. The van der Waals surface area contributed by atoms with Crippen molar-refractivity contribution < 1.29 is 13.5 Å². The molecular weight excluding hydrogens is 428 g/mol. The Morgan fingerprint density at radius 2 is 1.85 bits per heavy atom. The lowest BCUT2D eigenvalue weighted by Crippen LogP contribution is -2.36. The van der Waals surface area contributed by atoms with E-state index in [0.29, 0.717) is 41.3 Å². The zero-order valence-electron chi connectivity index (χ0n) is 21.1. The Balaban J connectivity index is 1.39. The molecule has 1 N–H and O–H groups in total. The fraction of sp³-hybridized carbons (Fsp3) is 0.793. The number of hydrogen-bond acceptors (Lipinski definition) is 3. The summed E-state index contributed by atoms with van der Waals surface area (Å²) in [6, 6.07) is 0. The van der Waals surface area contributed by atoms with Crippen LogP contribution in [0.3, 0.4) is 0 Å². The van der Waals surface area contributed by atoms with Crippen LogP contribution < -0.4 is 0 Å². The van der Waals surface area contributed by atoms with E-state index in [1.165, 1.54) is 42.4 Å². The third kappa shape index (κ3) is 4.33. The molecule has 3 nitrogen and oxygen atoms in total. The van der Waals surface area contributed by atoms with E-state index in [1.807, 2.05) is 0 Å². The van der Waals surface area contributed by atoms with Gasteiger partial charge in [-0.1, -0.05) is 57.1 Å². The highest BCUT2D eigenvalue weighted by molar-refractivity contribution is 7.92. The summed E-state index contributed by atoms with van der Waals surface area (Å²) in [6.07, 6.45) is 16.6. The topological polar surface area (TPSA) is 54.4 Å². The number of fused-ring (bicyclic) bond motifs is 1. The van der Waals surface area contributed by atoms with Crippen molar-refractivity contribution in [1.29, 1.82) is 0 Å². The van der Waals surface area contributed by atoms with Crippen LogP contribution >= 0.6 is 0 Å². The van der Waals surface area contributed by atoms with Gasteiger partial charge in [0.25, 0.3) is 0 Å². The second-order valence-electron chi connectivity index (χ2n) is 12.6. The van der Waals surface area contributed by atoms with E-state index in [1.54, 1.807) is 0 Å². The van der Waals surface area contributed by atoms with Gasteiger partial charge in [-0.15, -0.1) is 0 Å². The summed E-state index contributed by atoms with van der Waals surface area (Å²) in [4.78, 5) is 0. The predicted octanol–water partition coefficient (Wildman–Crippen LogP) is 6.25. The molecule has 0 aromatic rings. The predicted molar refractivity (Wildman–Crippen MR) is 135 cm³/mol. The second kappa shape index (κ2) is 8.66. The Hall–Kier alpha value is -0.870. The Bertz CT molecular complexity index is 969. The summed E-state index contributed by atoms with van der Waals surface area (Å²) < 4.78 is 26.6. The minimum Gasteiger partial charge on any atom is -0.389 e. The molecule has 0 radical (unpaired) electrons. The van der Waals surface area contributed by atoms with Crippen molar-refractivity contribution in [3.63, 3.8) is 0 Å². The fourth-order valence-corrected chi connectivity index (χ4v) is 10.4. The third-order valence-corrected chi connectivity index (χ3v) is 12.1. The summed E-state index contributed by atoms with van der Waals surface area (Å²) in [6.45, 7) is 9.31. The molecule has 5 aliphatic rings. The largest absolute Gasteiger partial charge is 0.389 e. The number of hydrogen-bond donors (Lipinski definition) is 1. The number of sulfone groups is 1. The molecule has 4 heteroatoms. The lowest BCUT2D eigenvalue weighted by Gasteiger charge is -2.44. The first-order valence-electron chi connectivity index (χ1n) is 13.6. The first-order chi connectivity index (χ1) is 15.6. The Morgan fingerprint density at radius 3 is 2.58 bits per heavy atom. The summed E-state index contributed by atoms with van der Waals surface area (Å²) >= 11 is 0. The molecule has 33 heavy (non-hydrogen) atoms. The molecule has 0 amide bonds. The lowest BCUT2D eigenvalue weighted by molar-refractivity contribution is 0.111. The van der Waals surface area contributed by atoms with Crippen molar-refractivity contribution in [2.45, 2.75) is 96.8 Å². The standard InChI is InChI=1S/C29H44O3S/c1-18-14-20(3)24-17-33(31,32)28(23(24)15-18)16-22-6-5-13-29(4)25(10-11-26(22)29)19(2)7-12-27(30)21-8-9-21/h7,12,16,18-21,25-28,30H,5-6,8-11,13-15,17H2,1-4H3/b12-7+,22-16+/t18-,19+,20-,25?,26-,27-,28?,29+/m0/s1. The van der Waals surface area contributed by atoms with Gasteiger partial charge in [0.1, 0.15) is 5.25 Å². The van der Waals surface area contributed by atoms with Gasteiger partial charge in [-0.2, -0.15) is 0 Å². The summed E-state index contributed by atoms with van der Waals surface area (Å²) in [7, 11) is -3.11. The molecule has 5 rings (SSSR count). The van der Waals surface area contributed by atoms with Gasteiger partial charge in [-0.05, 0) is 104 Å². The number of aliphatic hydroxyl groups excluding tert-OH is 1. The monoisotopic (exact) mass is 472 g/mol. The maximum atomic E-state index is 13.3. The van der Waals surface area contributed by atoms with Gasteiger partial charge in [0.05, 0.1) is 11.9 Å². The Morgan fingerprint density at radius 1 is 1.09 bits per heavy atom. The molecule has 0 saturated heterocycles. The van der Waals surface area contributed by atoms with E-state index in [0.717, 1.165) is 32.1 Å². The van der Waals surface area contributed by atoms with E-state index >= 15 is 0 Å². The highest BCUT2D eigenvalue weighted by atomic mass is 32.2. The van der Waals surface area contributed by atoms with Crippen LogP contribution in [-0.4, -0.2) is 30.6 Å². The van der Waals surface area contributed by atoms with E-state index in [4.69, 9.17) is 0 Å². The van der Waals surface area contributed by atoms with Gasteiger partial charge in [0.15, 0.2) is 9.84 Å². The summed E-state index contributed by atoms with van der Waals surface area (Å²) in [5.41, 5.74) is 4.17. The Labute approximate surface area is 201 Å². The smallest absolute Gasteiger partial charge is 0.164 e. The zero-order chi connectivity index (χ0) is 23.5. The fourth-order valence-electron chi connectivity index (χ4n) is 8.27. The average molecular weight is 473 g/mol. The van der Waals surface area contributed by atoms with Crippen molar-refractivity contribution in [2.75, 3.05) is 5.75 Å². The molecule has 1 aliphatic heterocycles. The molecule has 3 saturated carbocycles. The number of allylic oxidation sites excluding steroid dienone is 2. The molecule has 2 unspecified atom stereocenters. The molecule has 3 fully saturated rings. The quantitative estimate of drug-likeness (QED) is 0.481. The second-order valence-corrected chi connectivity index (χ2v) is 14.8. The van der Waals surface area contributed by atoms with E-state index in [9.17, 15) is 13.5 Å². The van der Waals surface area contributed by atoms with Gasteiger partial charge in [0, 0.05) is 0 Å². The van der Waals surface area contributed by atoms with Crippen LogP contribution in [0.4, 0.5) is 0 Å². The number of rotatable bonds is 5. The molecule has 4 aliphatic carbocycles. The highest BCUT2D eigenvalue weighted by Gasteiger charge is 2.51. The van der Waals surface area contributed by atoms with Gasteiger partial charge < -0.3 is 5.11 Å². The molecule has 0 aromatic carbocycles. The third-order valence-electron chi connectivity index (χ3n) is 10.2. The van der Waals surface area contributed by atoms with Crippen LogP contribution in [0.25, 0.3) is 0 Å². The minimum absolute atomic E-state index is 0.241. The molecule has 8 atom stereocenters. The van der Waals surface area contributed by atoms with Gasteiger partial charge in [-0.3, -0.25) is 0 Å². The van der Waals surface area contributed by atoms with Crippen molar-refractivity contribution in [2.24, 2.45) is 40.9 Å². The van der Waals surface area contributed by atoms with Gasteiger partial charge >= 0.3 is 0 Å². The molecule has 1 heterocycles. The maximum absolute atomic E-state index is 13.3. The van der Waals surface area contributed by atoms with E-state index in [-0.39, 0.29) is 16.8 Å². The van der Waals surface area contributed by atoms with Crippen LogP contribution in [0.1, 0.15) is 85.5 Å². The molecule has 184 valence electrons. The normalized spacial score (nSPS) is 43.7. The van der Waals surface area contributed by atoms with Crippen LogP contribution in [0.5, 0.6) is 0 Å². The summed E-state index contributed by atoms with van der Waals surface area (Å²) in [5, 5.41) is 9.94. The molecular formula is C29H44O3S. The summed E-state index contributed by atoms with van der Waals surface area (Å²) in [5.74, 6) is 3.35. The minimum atomic E-state index is -3.11. The van der Waals surface area contributed by atoms with Crippen molar-refractivity contribution in [3.8, 4) is 0 Å². The maximum Gasteiger partial charge on any atom is 0.164 e. The Kier molecular flexibility index (Phi) is 6.26. The highest BCUT2D eigenvalue weighted by Crippen LogP contribution is 2.60. The molecule has 0 aromatic heterocycles. The molecule has 0 bridgehead atoms. The average Bonchev–Trinajstić information content (AvgIpc) is 3.48. The lowest BCUT2D eigenvalue weighted by atomic mass is 9.61. The zero-order valence-corrected chi connectivity index (χ0v) is 21.9. The van der Waals surface area contributed by atoms with E-state index in [2.05, 4.69) is 45.9 Å². The van der Waals surface area contributed by atoms with Crippen molar-refractivity contribution in [3.05, 3.63) is 34.9 Å². The first-order valence-corrected chi connectivity index (χ1v) is 15.3. The van der Waals surface area contributed by atoms with E-state index < -0.39 is 9.84 Å². The van der Waals surface area contributed by atoms with Crippen LogP contribution in [0.15, 0.2) is 34.9 Å². The van der Waals surface area contributed by atoms with Crippen LogP contribution in [0.2, 0.25) is 0 Å². The van der Waals surface area contributed by atoms with Gasteiger partial charge in [-0.25, -0.2) is 8.42 Å². The van der Waals surface area contributed by atoms with Crippen molar-refractivity contribution in [1.82, 2.24) is 0 Å². The van der Waals surface area contributed by atoms with Crippen LogP contribution in [-0.2, 0) is 9.84 Å². The SMILES string of the molecule is C[C@@H]1CC2=C(CS(=O)(=O)C2/C=C2\CCC[C@]3(C)C([C@H](C)/C=C/[C@H](O)C4CC4)CC[C@@H]23)[C@@H](C)C1. The number of aliphatic hydroxyl groups is 1. The molecule has 0 spiro atoms. The van der Waals surface area contributed by atoms with Crippen LogP contribution in [0, 0.1) is 40.9 Å². The van der Waals surface area contributed by atoms with Crippen molar-refractivity contribution >= 4 is 9.84 Å². The van der Waals surface area contributed by atoms with Gasteiger partial charge in [0.2, 0.25) is 0 Å².